The molecular formula is C32H39F3N8O4. The molecule has 2 fully saturated rings. The minimum atomic E-state index is -2.41. The van der Waals surface area contributed by atoms with Crippen molar-refractivity contribution in [3.05, 3.63) is 84.1 Å². The first-order valence-corrected chi connectivity index (χ1v) is 15.3. The van der Waals surface area contributed by atoms with Gasteiger partial charge in [0.25, 0.3) is 6.43 Å². The molecule has 4 N–H and O–H groups in total. The third kappa shape index (κ3) is 10.6. The maximum atomic E-state index is 14.3. The van der Waals surface area contributed by atoms with Crippen LogP contribution in [0, 0.1) is 5.82 Å². The van der Waals surface area contributed by atoms with Gasteiger partial charge in [0.05, 0.1) is 50.1 Å². The van der Waals surface area contributed by atoms with Crippen LogP contribution < -0.4 is 26.0 Å². The molecule has 15 heteroatoms. The molecule has 252 valence electrons. The van der Waals surface area contributed by atoms with Crippen LogP contribution in [-0.2, 0) is 20.8 Å². The Hall–Kier alpha value is -4.28. The number of rotatable bonds is 12. The average molecular weight is 657 g/mol. The number of aromatic nitrogens is 4. The normalized spacial score (nSPS) is 17.9. The van der Waals surface area contributed by atoms with E-state index in [9.17, 15) is 13.2 Å². The minimum absolute atomic E-state index is 0.0769. The molecule has 4 aromatic rings. The minimum Gasteiger partial charge on any atom is -0.488 e. The fourth-order valence-electron chi connectivity index (χ4n) is 4.81. The maximum absolute atomic E-state index is 14.3. The zero-order valence-electron chi connectivity index (χ0n) is 26.0. The Kier molecular flexibility index (Phi) is 12.7. The van der Waals surface area contributed by atoms with Crippen molar-refractivity contribution >= 4 is 23.1 Å². The molecule has 2 aromatic heterocycles. The predicted molar refractivity (Wildman–Crippen MR) is 170 cm³/mol. The van der Waals surface area contributed by atoms with Crippen LogP contribution in [0.4, 0.5) is 36.3 Å². The van der Waals surface area contributed by atoms with Crippen molar-refractivity contribution in [2.45, 2.75) is 25.2 Å². The second-order valence-corrected chi connectivity index (χ2v) is 10.6. The standard InChI is InChI=1S/C17H21FN4O3.C15H18F2N4O/c1-23-6-7-24-13-9-20-17(21-10-13)22-15-3-2-12(8-14(15)18)16-11-19-4-5-25-16;16-14(17)10-21-7-5-15(20-21)19-12-3-1-11(2-4-12)13-9-18-6-8-22-13/h2-3,8-10,16,19H,4-7,11H2,1H3,(H,20,21,22);1-5,7,13-14,18H,6,8-10H2,(H,19,20)/t16-;/m0./s1. The van der Waals surface area contributed by atoms with E-state index in [1.807, 2.05) is 30.3 Å². The monoisotopic (exact) mass is 656 g/mol. The van der Waals surface area contributed by atoms with Gasteiger partial charge in [0.2, 0.25) is 5.95 Å². The molecule has 1 unspecified atom stereocenters. The summed E-state index contributed by atoms with van der Waals surface area (Å²) in [6, 6.07) is 14.5. The number of hydrogen-bond acceptors (Lipinski definition) is 11. The number of benzene rings is 2. The lowest BCUT2D eigenvalue weighted by Crippen LogP contribution is -2.33. The fraction of sp³-hybridized carbons (Fsp3) is 0.406. The molecule has 12 nitrogen and oxygen atoms in total. The molecular weight excluding hydrogens is 617 g/mol. The number of nitrogens with zero attached hydrogens (tertiary/aromatic N) is 4. The van der Waals surface area contributed by atoms with Crippen LogP contribution in [-0.4, -0.2) is 85.9 Å². The molecule has 0 aliphatic carbocycles. The van der Waals surface area contributed by atoms with E-state index in [1.165, 1.54) is 29.3 Å². The smallest absolute Gasteiger partial charge is 0.257 e. The predicted octanol–water partition coefficient (Wildman–Crippen LogP) is 4.60. The van der Waals surface area contributed by atoms with E-state index < -0.39 is 13.0 Å². The molecule has 4 heterocycles. The van der Waals surface area contributed by atoms with Crippen molar-refractivity contribution in [1.82, 2.24) is 30.4 Å². The van der Waals surface area contributed by atoms with Gasteiger partial charge >= 0.3 is 0 Å². The van der Waals surface area contributed by atoms with Crippen LogP contribution >= 0.6 is 0 Å². The molecule has 2 aliphatic heterocycles. The fourth-order valence-corrected chi connectivity index (χ4v) is 4.81. The summed E-state index contributed by atoms with van der Waals surface area (Å²) in [5, 5.41) is 16.5. The van der Waals surface area contributed by atoms with Crippen molar-refractivity contribution in [3.8, 4) is 5.75 Å². The molecule has 47 heavy (non-hydrogen) atoms. The van der Waals surface area contributed by atoms with Crippen molar-refractivity contribution < 1.29 is 32.1 Å². The number of alkyl halides is 2. The second-order valence-electron chi connectivity index (χ2n) is 10.6. The number of anilines is 4. The molecule has 0 amide bonds. The Morgan fingerprint density at radius 1 is 0.915 bits per heavy atom. The molecule has 0 bridgehead atoms. The van der Waals surface area contributed by atoms with Gasteiger partial charge in [-0.1, -0.05) is 18.2 Å². The van der Waals surface area contributed by atoms with Crippen molar-refractivity contribution in [1.29, 1.82) is 0 Å². The van der Waals surface area contributed by atoms with E-state index in [4.69, 9.17) is 18.9 Å². The van der Waals surface area contributed by atoms with Gasteiger partial charge in [-0.05, 0) is 35.4 Å². The Labute approximate surface area is 271 Å². The number of halogens is 3. The molecule has 2 saturated heterocycles. The van der Waals surface area contributed by atoms with Gasteiger partial charge in [-0.15, -0.1) is 0 Å². The molecule has 0 saturated carbocycles. The van der Waals surface area contributed by atoms with Gasteiger partial charge < -0.3 is 40.2 Å². The Morgan fingerprint density at radius 3 is 2.21 bits per heavy atom. The van der Waals surface area contributed by atoms with Gasteiger partial charge in [0, 0.05) is 51.2 Å². The first-order chi connectivity index (χ1) is 23.0. The highest BCUT2D eigenvalue weighted by molar-refractivity contribution is 5.56. The third-order valence-electron chi connectivity index (χ3n) is 7.17. The largest absolute Gasteiger partial charge is 0.488 e. The summed E-state index contributed by atoms with van der Waals surface area (Å²) in [5.74, 6) is 0.987. The van der Waals surface area contributed by atoms with Gasteiger partial charge in [0.1, 0.15) is 19.0 Å². The topological polar surface area (TPSA) is 129 Å². The van der Waals surface area contributed by atoms with Gasteiger partial charge in [-0.2, -0.15) is 5.10 Å². The van der Waals surface area contributed by atoms with E-state index in [-0.39, 0.29) is 18.0 Å². The first kappa shape index (κ1) is 34.1. The molecule has 6 rings (SSSR count). The third-order valence-corrected chi connectivity index (χ3v) is 7.17. The van der Waals surface area contributed by atoms with Crippen molar-refractivity contribution in [3.63, 3.8) is 0 Å². The lowest BCUT2D eigenvalue weighted by atomic mass is 10.1. The summed E-state index contributed by atoms with van der Waals surface area (Å²) >= 11 is 0. The summed E-state index contributed by atoms with van der Waals surface area (Å²) in [5.41, 5.74) is 3.08. The molecule has 0 spiro atoms. The summed E-state index contributed by atoms with van der Waals surface area (Å²) in [6.07, 6.45) is 2.13. The maximum Gasteiger partial charge on any atom is 0.257 e. The lowest BCUT2D eigenvalue weighted by molar-refractivity contribution is 0.0275. The second kappa shape index (κ2) is 17.6. The van der Waals surface area contributed by atoms with E-state index in [0.717, 1.165) is 36.4 Å². The molecule has 2 aromatic carbocycles. The zero-order chi connectivity index (χ0) is 32.8. The number of morpholine rings is 2. The van der Waals surface area contributed by atoms with Gasteiger partial charge in [-0.3, -0.25) is 4.68 Å². The van der Waals surface area contributed by atoms with Crippen LogP contribution in [0.3, 0.4) is 0 Å². The van der Waals surface area contributed by atoms with Crippen molar-refractivity contribution in [2.24, 2.45) is 0 Å². The van der Waals surface area contributed by atoms with Crippen LogP contribution in [0.15, 0.2) is 67.1 Å². The average Bonchev–Trinajstić information content (AvgIpc) is 3.53. The molecule has 2 aliphatic rings. The summed E-state index contributed by atoms with van der Waals surface area (Å²) in [7, 11) is 1.60. The summed E-state index contributed by atoms with van der Waals surface area (Å²) in [6.45, 7) is 5.04. The highest BCUT2D eigenvalue weighted by Crippen LogP contribution is 2.25. The van der Waals surface area contributed by atoms with Gasteiger partial charge in [-0.25, -0.2) is 23.1 Å². The summed E-state index contributed by atoms with van der Waals surface area (Å²) < 4.78 is 61.7. The zero-order valence-corrected chi connectivity index (χ0v) is 26.0. The van der Waals surface area contributed by atoms with E-state index in [1.54, 1.807) is 19.2 Å². The van der Waals surface area contributed by atoms with Crippen LogP contribution in [0.1, 0.15) is 23.3 Å². The molecule has 2 atom stereocenters. The van der Waals surface area contributed by atoms with E-state index in [2.05, 4.69) is 36.3 Å². The SMILES string of the molecule is COCCOc1cnc(Nc2ccc([C@@H]3CNCCO3)cc2F)nc1.FC(F)Cn1ccc(Nc2ccc(C3CNCCO3)cc2)n1. The van der Waals surface area contributed by atoms with E-state index in [0.29, 0.717) is 56.2 Å². The van der Waals surface area contributed by atoms with Crippen LogP contribution in [0.25, 0.3) is 0 Å². The number of ether oxygens (including phenoxy) is 4. The Bertz CT molecular complexity index is 1500. The Balaban J connectivity index is 0.000000186. The van der Waals surface area contributed by atoms with Gasteiger partial charge in [0.15, 0.2) is 11.6 Å². The quantitative estimate of drug-likeness (QED) is 0.160. The van der Waals surface area contributed by atoms with E-state index >= 15 is 0 Å². The summed E-state index contributed by atoms with van der Waals surface area (Å²) in [4.78, 5) is 8.23. The lowest BCUT2D eigenvalue weighted by Gasteiger charge is -2.24. The number of hydrogen-bond donors (Lipinski definition) is 4. The number of nitrogens with one attached hydrogen (secondary N) is 4. The number of methoxy groups -OCH3 is 1. The Morgan fingerprint density at radius 2 is 1.60 bits per heavy atom. The highest BCUT2D eigenvalue weighted by Gasteiger charge is 2.18. The first-order valence-electron chi connectivity index (χ1n) is 15.3. The van der Waals surface area contributed by atoms with Crippen LogP contribution in [0.5, 0.6) is 5.75 Å². The highest BCUT2D eigenvalue weighted by atomic mass is 19.3. The molecule has 0 radical (unpaired) electrons. The van der Waals surface area contributed by atoms with Crippen LogP contribution in [0.2, 0.25) is 0 Å². The van der Waals surface area contributed by atoms with Crippen molar-refractivity contribution in [2.75, 3.05) is 70.3 Å².